The van der Waals surface area contributed by atoms with Gasteiger partial charge in [0.1, 0.15) is 0 Å². The Hall–Kier alpha value is -2.41. The van der Waals surface area contributed by atoms with Crippen molar-refractivity contribution < 1.29 is 9.90 Å². The summed E-state index contributed by atoms with van der Waals surface area (Å²) in [5.74, 6) is 0. The number of rotatable bonds is 7. The third-order valence-corrected chi connectivity index (χ3v) is 5.99. The lowest BCUT2D eigenvalue weighted by Gasteiger charge is -2.17. The summed E-state index contributed by atoms with van der Waals surface area (Å²) >= 11 is 0. The zero-order valence-electron chi connectivity index (χ0n) is 17.5. The molecule has 2 aromatic carbocycles. The third-order valence-electron chi connectivity index (χ3n) is 5.99. The van der Waals surface area contributed by atoms with Gasteiger partial charge in [0.15, 0.2) is 0 Å². The Bertz CT molecular complexity index is 812. The molecule has 6 nitrogen and oxygen atoms in total. The minimum absolute atomic E-state index is 0.100. The van der Waals surface area contributed by atoms with Gasteiger partial charge < -0.3 is 15.7 Å². The molecule has 2 unspecified atom stereocenters. The van der Waals surface area contributed by atoms with Gasteiger partial charge in [0, 0.05) is 51.9 Å². The molecule has 0 aliphatic carbocycles. The summed E-state index contributed by atoms with van der Waals surface area (Å²) in [7, 11) is 0. The third kappa shape index (κ3) is 6.05. The van der Waals surface area contributed by atoms with Crippen molar-refractivity contribution in [2.75, 3.05) is 26.2 Å². The molecular formula is C24H32N4O2. The smallest absolute Gasteiger partial charge is 0.315 e. The van der Waals surface area contributed by atoms with Crippen molar-refractivity contribution in [1.82, 2.24) is 20.4 Å². The average molecular weight is 409 g/mol. The minimum Gasteiger partial charge on any atom is -0.392 e. The molecule has 2 fully saturated rings. The number of benzene rings is 2. The van der Waals surface area contributed by atoms with Crippen LogP contribution in [0.2, 0.25) is 0 Å². The Morgan fingerprint density at radius 2 is 1.50 bits per heavy atom. The van der Waals surface area contributed by atoms with Crippen LogP contribution in [0.15, 0.2) is 54.6 Å². The van der Waals surface area contributed by atoms with E-state index in [0.29, 0.717) is 6.54 Å². The maximum absolute atomic E-state index is 12.3. The van der Waals surface area contributed by atoms with Crippen molar-refractivity contribution in [3.63, 3.8) is 0 Å². The molecule has 160 valence electrons. The summed E-state index contributed by atoms with van der Waals surface area (Å²) in [6, 6.07) is 18.9. The summed E-state index contributed by atoms with van der Waals surface area (Å²) in [5.41, 5.74) is 3.64. The lowest BCUT2D eigenvalue weighted by molar-refractivity contribution is 0.175. The Kier molecular flexibility index (Phi) is 7.00. The standard InChI is InChI=1S/C24H32N4O2/c29-23-11-13-28(18-23)16-21-8-6-19(7-9-21)14-25-24(30)26-22-10-12-27(17-22)15-20-4-2-1-3-5-20/h1-9,22-23,29H,10-18H2,(H2,25,26,30). The molecule has 0 spiro atoms. The second-order valence-electron chi connectivity index (χ2n) is 8.53. The second kappa shape index (κ2) is 10.1. The molecule has 2 saturated heterocycles. The van der Waals surface area contributed by atoms with Gasteiger partial charge in [-0.15, -0.1) is 0 Å². The summed E-state index contributed by atoms with van der Waals surface area (Å²) in [6.07, 6.45) is 1.67. The molecular weight excluding hydrogens is 376 g/mol. The molecule has 2 aliphatic heterocycles. The molecule has 3 N–H and O–H groups in total. The first-order chi connectivity index (χ1) is 14.6. The van der Waals surface area contributed by atoms with Crippen LogP contribution in [0.5, 0.6) is 0 Å². The number of nitrogens with one attached hydrogen (secondary N) is 2. The van der Waals surface area contributed by atoms with Gasteiger partial charge in [-0.25, -0.2) is 4.79 Å². The first-order valence-electron chi connectivity index (χ1n) is 10.9. The van der Waals surface area contributed by atoms with E-state index in [4.69, 9.17) is 0 Å². The van der Waals surface area contributed by atoms with Crippen LogP contribution in [-0.2, 0) is 19.6 Å². The molecule has 2 amide bonds. The lowest BCUT2D eigenvalue weighted by atomic mass is 10.1. The zero-order chi connectivity index (χ0) is 20.8. The largest absolute Gasteiger partial charge is 0.392 e. The van der Waals surface area contributed by atoms with Crippen molar-refractivity contribution in [1.29, 1.82) is 0 Å². The molecule has 0 saturated carbocycles. The van der Waals surface area contributed by atoms with E-state index in [1.54, 1.807) is 0 Å². The minimum atomic E-state index is -0.183. The van der Waals surface area contributed by atoms with E-state index in [9.17, 15) is 9.90 Å². The van der Waals surface area contributed by atoms with Crippen LogP contribution in [0.4, 0.5) is 4.79 Å². The van der Waals surface area contributed by atoms with Crippen molar-refractivity contribution in [2.45, 2.75) is 44.6 Å². The van der Waals surface area contributed by atoms with E-state index >= 15 is 0 Å². The number of urea groups is 1. The van der Waals surface area contributed by atoms with E-state index in [1.807, 2.05) is 6.07 Å². The van der Waals surface area contributed by atoms with Crippen molar-refractivity contribution in [3.05, 3.63) is 71.3 Å². The highest BCUT2D eigenvalue weighted by Gasteiger charge is 2.23. The molecule has 0 bridgehead atoms. The van der Waals surface area contributed by atoms with Crippen LogP contribution in [0.1, 0.15) is 29.5 Å². The number of aliphatic hydroxyl groups is 1. The Balaban J connectivity index is 1.16. The number of β-amino-alcohol motifs (C(OH)–C–C–N with tert-alkyl or cyclic N) is 1. The fourth-order valence-electron chi connectivity index (χ4n) is 4.33. The van der Waals surface area contributed by atoms with Gasteiger partial charge in [-0.05, 0) is 29.5 Å². The van der Waals surface area contributed by atoms with Gasteiger partial charge in [0.05, 0.1) is 6.10 Å². The first kappa shape index (κ1) is 20.8. The van der Waals surface area contributed by atoms with Crippen LogP contribution < -0.4 is 10.6 Å². The predicted molar refractivity (Wildman–Crippen MR) is 118 cm³/mol. The number of aliphatic hydroxyl groups excluding tert-OH is 1. The predicted octanol–water partition coefficient (Wildman–Crippen LogP) is 2.33. The summed E-state index contributed by atoms with van der Waals surface area (Å²) in [4.78, 5) is 17.0. The summed E-state index contributed by atoms with van der Waals surface area (Å²) in [6.45, 7) is 5.93. The molecule has 0 radical (unpaired) electrons. The highest BCUT2D eigenvalue weighted by Crippen LogP contribution is 2.15. The number of carbonyl (C=O) groups is 1. The fourth-order valence-corrected chi connectivity index (χ4v) is 4.33. The van der Waals surface area contributed by atoms with Crippen LogP contribution in [-0.4, -0.2) is 59.3 Å². The average Bonchev–Trinajstić information content (AvgIpc) is 3.36. The monoisotopic (exact) mass is 408 g/mol. The molecule has 2 aliphatic rings. The normalized spacial score (nSPS) is 22.3. The molecule has 2 aromatic rings. The second-order valence-corrected chi connectivity index (χ2v) is 8.53. The SMILES string of the molecule is O=C(NCc1ccc(CN2CCC(O)C2)cc1)NC1CCN(Cc2ccccc2)C1. The van der Waals surface area contributed by atoms with E-state index in [1.165, 1.54) is 11.1 Å². The molecule has 2 heterocycles. The highest BCUT2D eigenvalue weighted by atomic mass is 16.3. The number of hydrogen-bond donors (Lipinski definition) is 3. The topological polar surface area (TPSA) is 67.8 Å². The Morgan fingerprint density at radius 1 is 0.867 bits per heavy atom. The van der Waals surface area contributed by atoms with Gasteiger partial charge in [-0.3, -0.25) is 9.80 Å². The fraction of sp³-hybridized carbons (Fsp3) is 0.458. The van der Waals surface area contributed by atoms with Crippen molar-refractivity contribution in [2.24, 2.45) is 0 Å². The number of carbonyl (C=O) groups excluding carboxylic acids is 1. The molecule has 0 aromatic heterocycles. The van der Waals surface area contributed by atoms with Crippen molar-refractivity contribution >= 4 is 6.03 Å². The quantitative estimate of drug-likeness (QED) is 0.658. The molecule has 30 heavy (non-hydrogen) atoms. The van der Waals surface area contributed by atoms with E-state index in [0.717, 1.165) is 57.7 Å². The summed E-state index contributed by atoms with van der Waals surface area (Å²) in [5, 5.41) is 15.7. The van der Waals surface area contributed by atoms with E-state index in [-0.39, 0.29) is 18.2 Å². The number of amides is 2. The number of nitrogens with zero attached hydrogens (tertiary/aromatic N) is 2. The van der Waals surface area contributed by atoms with Gasteiger partial charge in [0.25, 0.3) is 0 Å². The molecule has 4 rings (SSSR count). The zero-order valence-corrected chi connectivity index (χ0v) is 17.5. The van der Waals surface area contributed by atoms with Gasteiger partial charge in [-0.2, -0.15) is 0 Å². The maximum atomic E-state index is 12.3. The van der Waals surface area contributed by atoms with Crippen LogP contribution in [0, 0.1) is 0 Å². The van der Waals surface area contributed by atoms with Crippen LogP contribution in [0.25, 0.3) is 0 Å². The van der Waals surface area contributed by atoms with E-state index in [2.05, 4.69) is 69.0 Å². The van der Waals surface area contributed by atoms with E-state index < -0.39 is 0 Å². The molecule has 2 atom stereocenters. The summed E-state index contributed by atoms with van der Waals surface area (Å²) < 4.78 is 0. The molecule has 6 heteroatoms. The van der Waals surface area contributed by atoms with Crippen molar-refractivity contribution in [3.8, 4) is 0 Å². The van der Waals surface area contributed by atoms with Crippen LogP contribution >= 0.6 is 0 Å². The Labute approximate surface area is 178 Å². The Morgan fingerprint density at radius 3 is 2.20 bits per heavy atom. The first-order valence-corrected chi connectivity index (χ1v) is 10.9. The number of hydrogen-bond acceptors (Lipinski definition) is 4. The maximum Gasteiger partial charge on any atom is 0.315 e. The highest BCUT2D eigenvalue weighted by molar-refractivity contribution is 5.74. The lowest BCUT2D eigenvalue weighted by Crippen LogP contribution is -2.43. The van der Waals surface area contributed by atoms with Gasteiger partial charge in [0.2, 0.25) is 0 Å². The van der Waals surface area contributed by atoms with Gasteiger partial charge >= 0.3 is 6.03 Å². The van der Waals surface area contributed by atoms with Crippen LogP contribution in [0.3, 0.4) is 0 Å². The van der Waals surface area contributed by atoms with Gasteiger partial charge in [-0.1, -0.05) is 54.6 Å². The number of likely N-dealkylation sites (tertiary alicyclic amines) is 2.